The van der Waals surface area contributed by atoms with E-state index in [1.54, 1.807) is 24.3 Å². The number of ketones is 1. The molecule has 0 heterocycles. The summed E-state index contributed by atoms with van der Waals surface area (Å²) < 4.78 is 0. The lowest BCUT2D eigenvalue weighted by atomic mass is 10.0. The molecule has 2 aromatic carbocycles. The monoisotopic (exact) mass is 467 g/mol. The third kappa shape index (κ3) is 9.67. The highest BCUT2D eigenvalue weighted by atomic mass is 35.5. The molecule has 162 valence electrons. The molecule has 2 aromatic rings. The molecule has 0 saturated heterocycles. The largest absolute Gasteiger partial charge is 0.332 e. The van der Waals surface area contributed by atoms with E-state index in [0.29, 0.717) is 23.4 Å². The van der Waals surface area contributed by atoms with Gasteiger partial charge in [0.25, 0.3) is 5.91 Å². The molecule has 0 radical (unpaired) electrons. The predicted octanol–water partition coefficient (Wildman–Crippen LogP) is 4.73. The molecule has 8 heteroatoms. The molecule has 0 aromatic heterocycles. The maximum absolute atomic E-state index is 12.2. The minimum Gasteiger partial charge on any atom is -0.332 e. The first-order valence-corrected chi connectivity index (χ1v) is 10.3. The Morgan fingerprint density at radius 3 is 2.23 bits per heavy atom. The van der Waals surface area contributed by atoms with Crippen molar-refractivity contribution in [2.45, 2.75) is 25.7 Å². The summed E-state index contributed by atoms with van der Waals surface area (Å²) >= 11 is 11.0. The number of rotatable bonds is 9. The molecule has 0 saturated carbocycles. The van der Waals surface area contributed by atoms with Crippen molar-refractivity contribution >= 4 is 58.7 Å². The Hall–Kier alpha value is -1.99. The lowest BCUT2D eigenvalue weighted by Gasteiger charge is -2.10. The number of hydrogen-bond acceptors (Lipinski definition) is 4. The average molecular weight is 468 g/mol. The number of carbonyl (C=O) groups excluding carboxylic acids is 2. The molecule has 0 aliphatic carbocycles. The van der Waals surface area contributed by atoms with E-state index in [1.807, 2.05) is 38.4 Å². The van der Waals surface area contributed by atoms with Crippen molar-refractivity contribution in [2.24, 2.45) is 0 Å². The van der Waals surface area contributed by atoms with Gasteiger partial charge in [-0.15, -0.1) is 12.4 Å². The fraction of sp³-hybridized carbons (Fsp3) is 0.318. The molecule has 0 atom stereocenters. The van der Waals surface area contributed by atoms with Gasteiger partial charge in [0.05, 0.1) is 0 Å². The average Bonchev–Trinajstić information content (AvgIpc) is 2.67. The van der Waals surface area contributed by atoms with Crippen LogP contribution in [0, 0.1) is 0 Å². The Labute approximate surface area is 194 Å². The number of anilines is 1. The molecule has 5 nitrogen and oxygen atoms in total. The third-order valence-electron chi connectivity index (χ3n) is 4.26. The number of amides is 1. The zero-order valence-corrected chi connectivity index (χ0v) is 19.5. The zero-order valence-electron chi connectivity index (χ0n) is 17.1. The molecule has 0 aliphatic heterocycles. The van der Waals surface area contributed by atoms with Crippen molar-refractivity contribution in [3.05, 3.63) is 64.7 Å². The molecule has 1 amide bonds. The van der Waals surface area contributed by atoms with E-state index >= 15 is 0 Å². The van der Waals surface area contributed by atoms with Crippen LogP contribution >= 0.6 is 36.2 Å². The van der Waals surface area contributed by atoms with Crippen LogP contribution in [0.25, 0.3) is 0 Å². The van der Waals surface area contributed by atoms with Gasteiger partial charge in [0.2, 0.25) is 0 Å². The van der Waals surface area contributed by atoms with E-state index in [4.69, 9.17) is 23.8 Å². The Bertz CT molecular complexity index is 840. The Kier molecular flexibility index (Phi) is 11.6. The molecular formula is C22H27Cl2N3O2S. The van der Waals surface area contributed by atoms with Gasteiger partial charge in [0, 0.05) is 29.1 Å². The van der Waals surface area contributed by atoms with E-state index in [-0.39, 0.29) is 29.2 Å². The zero-order chi connectivity index (χ0) is 21.2. The quantitative estimate of drug-likeness (QED) is 0.412. The Balaban J connectivity index is 0.00000450. The first-order chi connectivity index (χ1) is 13.8. The van der Waals surface area contributed by atoms with Crippen molar-refractivity contribution in [3.63, 3.8) is 0 Å². The number of nitrogens with zero attached hydrogens (tertiary/aromatic N) is 1. The summed E-state index contributed by atoms with van der Waals surface area (Å²) in [6.45, 7) is 1.00. The van der Waals surface area contributed by atoms with Crippen LogP contribution in [0.4, 0.5) is 5.69 Å². The van der Waals surface area contributed by atoms with Crippen molar-refractivity contribution in [2.75, 3.05) is 26.0 Å². The number of Topliss-reactive ketones (excluding diaryl/α,β-unsaturated/α-hetero) is 1. The van der Waals surface area contributed by atoms with Crippen molar-refractivity contribution in [1.82, 2.24) is 10.2 Å². The summed E-state index contributed by atoms with van der Waals surface area (Å²) in [4.78, 5) is 26.4. The highest BCUT2D eigenvalue weighted by Gasteiger charge is 2.08. The normalized spacial score (nSPS) is 10.3. The summed E-state index contributed by atoms with van der Waals surface area (Å²) in [5.74, 6) is -0.0640. The first-order valence-electron chi connectivity index (χ1n) is 9.47. The van der Waals surface area contributed by atoms with Crippen LogP contribution in [0.2, 0.25) is 5.02 Å². The fourth-order valence-corrected chi connectivity index (χ4v) is 3.05. The summed E-state index contributed by atoms with van der Waals surface area (Å²) in [6.07, 6.45) is 2.98. The van der Waals surface area contributed by atoms with Gasteiger partial charge < -0.3 is 10.2 Å². The van der Waals surface area contributed by atoms with Gasteiger partial charge in [0.15, 0.2) is 5.11 Å². The van der Waals surface area contributed by atoms with E-state index in [0.717, 1.165) is 30.6 Å². The van der Waals surface area contributed by atoms with Crippen molar-refractivity contribution < 1.29 is 9.59 Å². The summed E-state index contributed by atoms with van der Waals surface area (Å²) in [6, 6.07) is 14.0. The molecule has 0 bridgehead atoms. The lowest BCUT2D eigenvalue weighted by molar-refractivity contribution is -0.118. The topological polar surface area (TPSA) is 61.4 Å². The van der Waals surface area contributed by atoms with Gasteiger partial charge in [-0.3, -0.25) is 14.9 Å². The Morgan fingerprint density at radius 2 is 1.63 bits per heavy atom. The number of unbranched alkanes of at least 4 members (excludes halogenated alkanes) is 1. The highest BCUT2D eigenvalue weighted by Crippen LogP contribution is 2.12. The van der Waals surface area contributed by atoms with Crippen LogP contribution < -0.4 is 10.6 Å². The minimum atomic E-state index is -0.310. The van der Waals surface area contributed by atoms with Crippen LogP contribution in [0.3, 0.4) is 0 Å². The number of thiocarbonyl (C=S) groups is 1. The highest BCUT2D eigenvalue weighted by molar-refractivity contribution is 7.80. The Morgan fingerprint density at radius 1 is 1.00 bits per heavy atom. The van der Waals surface area contributed by atoms with Gasteiger partial charge in [-0.05, 0) is 87.7 Å². The molecule has 0 unspecified atom stereocenters. The molecule has 2 N–H and O–H groups in total. The number of hydrogen-bond donors (Lipinski definition) is 2. The maximum Gasteiger partial charge on any atom is 0.257 e. The van der Waals surface area contributed by atoms with Crippen LogP contribution in [0.1, 0.15) is 35.2 Å². The SMILES string of the molecule is CN(C)CCCCC(=O)Cc1ccc(NC(=S)NC(=O)c2ccc(Cl)cc2)cc1.Cl. The van der Waals surface area contributed by atoms with Crippen LogP contribution in [0.15, 0.2) is 48.5 Å². The van der Waals surface area contributed by atoms with E-state index in [2.05, 4.69) is 15.5 Å². The minimum absolute atomic E-state index is 0. The second-order valence-corrected chi connectivity index (χ2v) is 7.93. The summed E-state index contributed by atoms with van der Waals surface area (Å²) in [7, 11) is 4.07. The van der Waals surface area contributed by atoms with Gasteiger partial charge in [-0.1, -0.05) is 23.7 Å². The first kappa shape index (κ1) is 26.0. The number of nitrogens with one attached hydrogen (secondary N) is 2. The van der Waals surface area contributed by atoms with Crippen LogP contribution in [-0.4, -0.2) is 42.3 Å². The number of halogens is 2. The second kappa shape index (κ2) is 13.3. The van der Waals surface area contributed by atoms with E-state index in [9.17, 15) is 9.59 Å². The smallest absolute Gasteiger partial charge is 0.257 e. The van der Waals surface area contributed by atoms with E-state index < -0.39 is 0 Å². The van der Waals surface area contributed by atoms with Gasteiger partial charge in [0.1, 0.15) is 5.78 Å². The molecule has 0 aliphatic rings. The van der Waals surface area contributed by atoms with Crippen molar-refractivity contribution in [3.8, 4) is 0 Å². The van der Waals surface area contributed by atoms with Gasteiger partial charge in [-0.25, -0.2) is 0 Å². The van der Waals surface area contributed by atoms with E-state index in [1.165, 1.54) is 0 Å². The standard InChI is InChI=1S/C22H26ClN3O2S.ClH/c1-26(2)14-4-3-5-20(27)15-16-6-12-19(13-7-16)24-22(29)25-21(28)17-8-10-18(23)11-9-17;/h6-13H,3-5,14-15H2,1-2H3,(H2,24,25,28,29);1H. The van der Waals surface area contributed by atoms with Crippen LogP contribution in [-0.2, 0) is 11.2 Å². The fourth-order valence-electron chi connectivity index (χ4n) is 2.71. The molecule has 30 heavy (non-hydrogen) atoms. The van der Waals surface area contributed by atoms with Gasteiger partial charge >= 0.3 is 0 Å². The third-order valence-corrected chi connectivity index (χ3v) is 4.71. The summed E-state index contributed by atoms with van der Waals surface area (Å²) in [5, 5.41) is 6.37. The second-order valence-electron chi connectivity index (χ2n) is 7.09. The molecular weight excluding hydrogens is 441 g/mol. The maximum atomic E-state index is 12.2. The number of carbonyl (C=O) groups is 2. The molecule has 0 fully saturated rings. The summed E-state index contributed by atoms with van der Waals surface area (Å²) in [5.41, 5.74) is 2.18. The number of benzene rings is 2. The van der Waals surface area contributed by atoms with Crippen LogP contribution in [0.5, 0.6) is 0 Å². The van der Waals surface area contributed by atoms with Crippen molar-refractivity contribution in [1.29, 1.82) is 0 Å². The predicted molar refractivity (Wildman–Crippen MR) is 130 cm³/mol. The molecule has 0 spiro atoms. The molecule has 2 rings (SSSR count). The lowest BCUT2D eigenvalue weighted by Crippen LogP contribution is -2.34. The van der Waals surface area contributed by atoms with Gasteiger partial charge in [-0.2, -0.15) is 0 Å².